The van der Waals surface area contributed by atoms with Gasteiger partial charge in [-0.3, -0.25) is 9.69 Å². The van der Waals surface area contributed by atoms with Crippen LogP contribution >= 0.6 is 0 Å². The van der Waals surface area contributed by atoms with E-state index in [1.807, 2.05) is 19.9 Å². The van der Waals surface area contributed by atoms with Crippen LogP contribution in [0, 0.1) is 0 Å². The fourth-order valence-corrected chi connectivity index (χ4v) is 2.87. The molecule has 0 aliphatic carbocycles. The molecule has 0 saturated carbocycles. The van der Waals surface area contributed by atoms with Gasteiger partial charge in [-0.15, -0.1) is 0 Å². The molecular weight excluding hydrogens is 278 g/mol. The molecule has 0 radical (unpaired) electrons. The maximum Gasteiger partial charge on any atom is 0.257 e. The highest BCUT2D eigenvalue weighted by Gasteiger charge is 2.27. The molecule has 0 spiro atoms. The Kier molecular flexibility index (Phi) is 5.08. The van der Waals surface area contributed by atoms with Gasteiger partial charge in [-0.1, -0.05) is 12.7 Å². The first-order valence-electron chi connectivity index (χ1n) is 7.77. The van der Waals surface area contributed by atoms with E-state index in [4.69, 9.17) is 4.74 Å². The average Bonchev–Trinajstić information content (AvgIpc) is 2.36. The fraction of sp³-hybridized carbons (Fsp3) is 0.588. The Balaban J connectivity index is 1.87. The lowest BCUT2D eigenvalue weighted by molar-refractivity contribution is -0.116. The quantitative estimate of drug-likeness (QED) is 0.827. The van der Waals surface area contributed by atoms with Crippen molar-refractivity contribution in [2.75, 3.05) is 26.2 Å². The minimum atomic E-state index is -0.145. The standard InChI is InChI=1S/C17H27N3O2/c1-12-8-13(2)18-9-15(12)16(21)19-14(3)10-20-6-7-22-17(4,5)11-20/h8-9,13,18H,3,6-7,10-11H2,1-2,4-5H3,(H,19,21). The van der Waals surface area contributed by atoms with Crippen molar-refractivity contribution < 1.29 is 9.53 Å². The molecule has 1 atom stereocenters. The lowest BCUT2D eigenvalue weighted by Crippen LogP contribution is -2.49. The number of carbonyl (C=O) groups is 1. The monoisotopic (exact) mass is 305 g/mol. The van der Waals surface area contributed by atoms with Crippen molar-refractivity contribution in [3.63, 3.8) is 0 Å². The minimum absolute atomic E-state index is 0.106. The van der Waals surface area contributed by atoms with Crippen molar-refractivity contribution in [2.24, 2.45) is 0 Å². The second kappa shape index (κ2) is 6.67. The second-order valence-corrected chi connectivity index (χ2v) is 6.74. The van der Waals surface area contributed by atoms with E-state index < -0.39 is 0 Å². The van der Waals surface area contributed by atoms with Crippen LogP contribution in [0.3, 0.4) is 0 Å². The van der Waals surface area contributed by atoms with Crippen LogP contribution in [-0.2, 0) is 9.53 Å². The van der Waals surface area contributed by atoms with Crippen LogP contribution in [0.15, 0.2) is 35.7 Å². The maximum absolute atomic E-state index is 12.3. The first-order valence-corrected chi connectivity index (χ1v) is 7.77. The number of nitrogens with one attached hydrogen (secondary N) is 2. The van der Waals surface area contributed by atoms with Crippen LogP contribution in [0.4, 0.5) is 0 Å². The molecule has 0 aromatic rings. The molecule has 122 valence electrons. The highest BCUT2D eigenvalue weighted by atomic mass is 16.5. The van der Waals surface area contributed by atoms with E-state index in [2.05, 4.69) is 36.0 Å². The van der Waals surface area contributed by atoms with E-state index in [-0.39, 0.29) is 17.6 Å². The zero-order chi connectivity index (χ0) is 16.3. The number of nitrogens with zero attached hydrogens (tertiary/aromatic N) is 1. The average molecular weight is 305 g/mol. The minimum Gasteiger partial charge on any atom is -0.384 e. The van der Waals surface area contributed by atoms with Crippen molar-refractivity contribution >= 4 is 5.91 Å². The summed E-state index contributed by atoms with van der Waals surface area (Å²) in [6, 6.07) is 0.260. The number of dihydropyridines is 1. The van der Waals surface area contributed by atoms with Crippen molar-refractivity contribution in [3.05, 3.63) is 35.7 Å². The number of hydrogen-bond donors (Lipinski definition) is 2. The smallest absolute Gasteiger partial charge is 0.257 e. The van der Waals surface area contributed by atoms with Crippen LogP contribution < -0.4 is 10.6 Å². The zero-order valence-corrected chi connectivity index (χ0v) is 14.0. The number of amides is 1. The molecule has 5 nitrogen and oxygen atoms in total. The normalized spacial score (nSPS) is 24.8. The molecule has 1 saturated heterocycles. The molecule has 2 rings (SSSR count). The number of morpholine rings is 1. The topological polar surface area (TPSA) is 53.6 Å². The molecule has 1 amide bonds. The summed E-state index contributed by atoms with van der Waals surface area (Å²) >= 11 is 0. The molecule has 22 heavy (non-hydrogen) atoms. The van der Waals surface area contributed by atoms with E-state index in [0.717, 1.165) is 24.4 Å². The summed E-state index contributed by atoms with van der Waals surface area (Å²) in [5, 5.41) is 6.06. The van der Waals surface area contributed by atoms with E-state index in [1.165, 1.54) is 0 Å². The van der Waals surface area contributed by atoms with Gasteiger partial charge in [0.25, 0.3) is 5.91 Å². The van der Waals surface area contributed by atoms with Crippen LogP contribution in [0.1, 0.15) is 27.7 Å². The van der Waals surface area contributed by atoms with E-state index in [0.29, 0.717) is 18.7 Å². The Morgan fingerprint density at radius 1 is 1.59 bits per heavy atom. The summed E-state index contributed by atoms with van der Waals surface area (Å²) in [5.74, 6) is -0.106. The predicted octanol–water partition coefficient (Wildman–Crippen LogP) is 1.55. The molecule has 2 heterocycles. The summed E-state index contributed by atoms with van der Waals surface area (Å²) < 4.78 is 5.69. The first-order chi connectivity index (χ1) is 10.3. The number of rotatable bonds is 4. The zero-order valence-electron chi connectivity index (χ0n) is 14.0. The third-order valence-corrected chi connectivity index (χ3v) is 3.87. The Morgan fingerprint density at radius 3 is 2.95 bits per heavy atom. The molecule has 0 aromatic heterocycles. The van der Waals surface area contributed by atoms with Crippen molar-refractivity contribution in [1.82, 2.24) is 15.5 Å². The van der Waals surface area contributed by atoms with Crippen LogP contribution in [0.5, 0.6) is 0 Å². The lowest BCUT2D eigenvalue weighted by atomic mass is 10.0. The molecule has 2 aliphatic rings. The first kappa shape index (κ1) is 16.8. The van der Waals surface area contributed by atoms with Gasteiger partial charge in [0.05, 0.1) is 17.8 Å². The molecular formula is C17H27N3O2. The molecule has 5 heteroatoms. The van der Waals surface area contributed by atoms with Gasteiger partial charge in [0, 0.05) is 37.6 Å². The van der Waals surface area contributed by atoms with E-state index in [1.54, 1.807) is 6.20 Å². The van der Waals surface area contributed by atoms with Crippen molar-refractivity contribution in [2.45, 2.75) is 39.3 Å². The summed E-state index contributed by atoms with van der Waals surface area (Å²) in [4.78, 5) is 14.6. The Labute approximate surface area is 133 Å². The van der Waals surface area contributed by atoms with E-state index in [9.17, 15) is 4.79 Å². The van der Waals surface area contributed by atoms with Crippen molar-refractivity contribution in [3.8, 4) is 0 Å². The highest BCUT2D eigenvalue weighted by molar-refractivity contribution is 5.98. The Morgan fingerprint density at radius 2 is 2.32 bits per heavy atom. The molecule has 0 bridgehead atoms. The fourth-order valence-electron chi connectivity index (χ4n) is 2.87. The van der Waals surface area contributed by atoms with Crippen LogP contribution in [-0.4, -0.2) is 48.7 Å². The molecule has 1 fully saturated rings. The summed E-state index contributed by atoms with van der Waals surface area (Å²) in [6.07, 6.45) is 3.82. The Hall–Kier alpha value is -1.59. The SMILES string of the molecule is C=C(CN1CCOC(C)(C)C1)NC(=O)C1=CNC(C)C=C1C. The van der Waals surface area contributed by atoms with Crippen molar-refractivity contribution in [1.29, 1.82) is 0 Å². The number of hydrogen-bond acceptors (Lipinski definition) is 4. The van der Waals surface area contributed by atoms with Crippen LogP contribution in [0.25, 0.3) is 0 Å². The number of ether oxygens (including phenoxy) is 1. The molecule has 0 aromatic carbocycles. The van der Waals surface area contributed by atoms with Gasteiger partial charge >= 0.3 is 0 Å². The maximum atomic E-state index is 12.3. The lowest BCUT2D eigenvalue weighted by Gasteiger charge is -2.38. The molecule has 2 N–H and O–H groups in total. The van der Waals surface area contributed by atoms with Gasteiger partial charge in [-0.2, -0.15) is 0 Å². The third kappa shape index (κ3) is 4.45. The third-order valence-electron chi connectivity index (χ3n) is 3.87. The molecule has 2 aliphatic heterocycles. The van der Waals surface area contributed by atoms with Gasteiger partial charge in [0.15, 0.2) is 0 Å². The largest absolute Gasteiger partial charge is 0.384 e. The predicted molar refractivity (Wildman–Crippen MR) is 88.2 cm³/mol. The van der Waals surface area contributed by atoms with Crippen LogP contribution in [0.2, 0.25) is 0 Å². The summed E-state index contributed by atoms with van der Waals surface area (Å²) in [5.41, 5.74) is 2.23. The Bertz CT molecular complexity index is 520. The summed E-state index contributed by atoms with van der Waals surface area (Å²) in [7, 11) is 0. The van der Waals surface area contributed by atoms with Gasteiger partial charge in [0.1, 0.15) is 0 Å². The van der Waals surface area contributed by atoms with Gasteiger partial charge in [-0.25, -0.2) is 0 Å². The molecule has 1 unspecified atom stereocenters. The van der Waals surface area contributed by atoms with Gasteiger partial charge in [0.2, 0.25) is 0 Å². The second-order valence-electron chi connectivity index (χ2n) is 6.74. The van der Waals surface area contributed by atoms with Gasteiger partial charge in [-0.05, 0) is 33.3 Å². The highest BCUT2D eigenvalue weighted by Crippen LogP contribution is 2.17. The summed E-state index contributed by atoms with van der Waals surface area (Å²) in [6.45, 7) is 15.2. The van der Waals surface area contributed by atoms with E-state index >= 15 is 0 Å². The van der Waals surface area contributed by atoms with Gasteiger partial charge < -0.3 is 15.4 Å². The number of carbonyl (C=O) groups excluding carboxylic acids is 1.